The largest absolute Gasteiger partial charge is 4.00 e. The molecule has 0 radical (unpaired) electrons. The molecule has 25 heavy (non-hydrogen) atoms. The van der Waals surface area contributed by atoms with Gasteiger partial charge in [0.2, 0.25) is 0 Å². The molecular weight excluding hydrogens is 467 g/mol. The van der Waals surface area contributed by atoms with Crippen LogP contribution in [0.3, 0.4) is 0 Å². The number of fused-ring (bicyclic) bond motifs is 2. The fourth-order valence-corrected chi connectivity index (χ4v) is 3.77. The summed E-state index contributed by atoms with van der Waals surface area (Å²) in [5.41, 5.74) is 5.88. The smallest absolute Gasteiger partial charge is 0.358 e. The van der Waals surface area contributed by atoms with Gasteiger partial charge in [-0.2, -0.15) is 11.1 Å². The van der Waals surface area contributed by atoms with Gasteiger partial charge in [0, 0.05) is 0 Å². The third-order valence-corrected chi connectivity index (χ3v) is 4.89. The maximum atomic E-state index is 2.32. The van der Waals surface area contributed by atoms with Crippen LogP contribution in [-0.4, -0.2) is 0 Å². The molecule has 0 aliphatic heterocycles. The van der Waals surface area contributed by atoms with Crippen molar-refractivity contribution >= 4 is 21.5 Å². The molecule has 0 atom stereocenters. The Hall–Kier alpha value is -1.47. The van der Waals surface area contributed by atoms with Gasteiger partial charge < -0.3 is 14.9 Å². The normalized spacial score (nSPS) is 10.2. The number of aryl methyl sites for hydroxylation is 4. The molecular formula is C24H26Hf. The van der Waals surface area contributed by atoms with E-state index >= 15 is 0 Å². The Balaban J connectivity index is 0.00000104. The predicted octanol–water partition coefficient (Wildman–Crippen LogP) is 6.73. The summed E-state index contributed by atoms with van der Waals surface area (Å²) >= 11 is 0. The molecule has 0 aliphatic carbocycles. The van der Waals surface area contributed by atoms with Crippen LogP contribution >= 0.6 is 0 Å². The van der Waals surface area contributed by atoms with E-state index in [9.17, 15) is 0 Å². The topological polar surface area (TPSA) is 0 Å². The molecule has 0 unspecified atom stereocenters. The summed E-state index contributed by atoms with van der Waals surface area (Å²) in [5, 5.41) is 5.60. The average molecular weight is 493 g/mol. The second kappa shape index (κ2) is 8.76. The maximum Gasteiger partial charge on any atom is 4.00 e. The van der Waals surface area contributed by atoms with E-state index in [0.717, 1.165) is 12.8 Å². The minimum absolute atomic E-state index is 0. The maximum absolute atomic E-state index is 2.32. The van der Waals surface area contributed by atoms with Crippen LogP contribution in [0.5, 0.6) is 0 Å². The monoisotopic (exact) mass is 494 g/mol. The number of benzene rings is 2. The van der Waals surface area contributed by atoms with Crippen molar-refractivity contribution in [1.82, 2.24) is 0 Å². The Kier molecular flexibility index (Phi) is 7.56. The number of hydrogen-bond acceptors (Lipinski definition) is 0. The first-order valence-electron chi connectivity index (χ1n) is 8.02. The van der Waals surface area contributed by atoms with Crippen LogP contribution in [0.25, 0.3) is 21.5 Å². The summed E-state index contributed by atoms with van der Waals surface area (Å²) < 4.78 is 0. The standard InChI is InChI=1S/C22H20.2CH3.Hf/c1-15-13-17-7-3-5-9-21(17)19(15)11-12-20-16(2)14-18-8-4-6-10-22(18)20;;;/h3-10,13-14H,11-12H2,1-2H3;2*1H3;/q-2;2*-1;+4. The van der Waals surface area contributed by atoms with Crippen molar-refractivity contribution in [1.29, 1.82) is 0 Å². The van der Waals surface area contributed by atoms with E-state index in [4.69, 9.17) is 0 Å². The second-order valence-corrected chi connectivity index (χ2v) is 6.29. The third-order valence-electron chi connectivity index (χ3n) is 4.89. The molecule has 0 saturated heterocycles. The molecule has 0 amide bonds. The first-order chi connectivity index (χ1) is 10.7. The first-order valence-corrected chi connectivity index (χ1v) is 8.02. The predicted molar refractivity (Wildman–Crippen MR) is 109 cm³/mol. The summed E-state index contributed by atoms with van der Waals surface area (Å²) in [7, 11) is 0. The summed E-state index contributed by atoms with van der Waals surface area (Å²) in [6.45, 7) is 4.48. The van der Waals surface area contributed by atoms with Crippen LogP contribution in [0.15, 0.2) is 60.7 Å². The summed E-state index contributed by atoms with van der Waals surface area (Å²) in [4.78, 5) is 0. The van der Waals surface area contributed by atoms with Crippen LogP contribution < -0.4 is 0 Å². The van der Waals surface area contributed by atoms with Crippen LogP contribution in [-0.2, 0) is 38.7 Å². The summed E-state index contributed by atoms with van der Waals surface area (Å²) in [6.07, 6.45) is 2.24. The summed E-state index contributed by atoms with van der Waals surface area (Å²) in [6, 6.07) is 22.1. The summed E-state index contributed by atoms with van der Waals surface area (Å²) in [5.74, 6) is 0. The Labute approximate surface area is 171 Å². The van der Waals surface area contributed by atoms with E-state index in [1.165, 1.54) is 43.8 Å². The van der Waals surface area contributed by atoms with Crippen molar-refractivity contribution in [2.75, 3.05) is 0 Å². The molecule has 0 saturated carbocycles. The van der Waals surface area contributed by atoms with E-state index in [2.05, 4.69) is 74.5 Å². The molecule has 4 aromatic carbocycles. The molecule has 126 valence electrons. The fourth-order valence-electron chi connectivity index (χ4n) is 3.77. The van der Waals surface area contributed by atoms with Crippen LogP contribution in [0, 0.1) is 28.7 Å². The minimum Gasteiger partial charge on any atom is -0.358 e. The SMILES string of the molecule is Cc1[cH-]c2ccccc2c1CCc1c(C)[cH-]c2ccccc12.[CH3-].[CH3-].[Hf+4]. The first kappa shape index (κ1) is 21.6. The van der Waals surface area contributed by atoms with E-state index in [0.29, 0.717) is 0 Å². The van der Waals surface area contributed by atoms with Crippen molar-refractivity contribution in [2.24, 2.45) is 0 Å². The van der Waals surface area contributed by atoms with Crippen LogP contribution in [0.2, 0.25) is 0 Å². The van der Waals surface area contributed by atoms with Crippen molar-refractivity contribution in [3.05, 3.63) is 97.8 Å². The Bertz CT molecular complexity index is 873. The molecule has 0 aliphatic rings. The van der Waals surface area contributed by atoms with Crippen molar-refractivity contribution in [3.8, 4) is 0 Å². The molecule has 0 nitrogen and oxygen atoms in total. The molecule has 4 rings (SSSR count). The van der Waals surface area contributed by atoms with Gasteiger partial charge in [0.1, 0.15) is 0 Å². The molecule has 0 fully saturated rings. The minimum atomic E-state index is 0. The van der Waals surface area contributed by atoms with Gasteiger partial charge in [-0.05, 0) is 0 Å². The van der Waals surface area contributed by atoms with Gasteiger partial charge >= 0.3 is 25.8 Å². The van der Waals surface area contributed by atoms with Crippen molar-refractivity contribution < 1.29 is 25.8 Å². The Morgan fingerprint density at radius 2 is 1.00 bits per heavy atom. The molecule has 0 aromatic heterocycles. The van der Waals surface area contributed by atoms with Gasteiger partial charge in [-0.3, -0.25) is 0 Å². The van der Waals surface area contributed by atoms with Gasteiger partial charge in [0.25, 0.3) is 0 Å². The van der Waals surface area contributed by atoms with Crippen molar-refractivity contribution in [3.63, 3.8) is 0 Å². The van der Waals surface area contributed by atoms with Crippen LogP contribution in [0.4, 0.5) is 0 Å². The zero-order valence-electron chi connectivity index (χ0n) is 15.7. The zero-order valence-corrected chi connectivity index (χ0v) is 19.3. The molecule has 0 bridgehead atoms. The van der Waals surface area contributed by atoms with Gasteiger partial charge in [-0.15, -0.1) is 81.2 Å². The molecule has 4 aromatic rings. The van der Waals surface area contributed by atoms with E-state index in [-0.39, 0.29) is 40.7 Å². The van der Waals surface area contributed by atoms with E-state index in [1.54, 1.807) is 0 Å². The van der Waals surface area contributed by atoms with Gasteiger partial charge in [-0.1, -0.05) is 38.8 Å². The van der Waals surface area contributed by atoms with Crippen LogP contribution in [0.1, 0.15) is 22.3 Å². The van der Waals surface area contributed by atoms with Gasteiger partial charge in [0.15, 0.2) is 0 Å². The molecule has 1 heteroatoms. The Morgan fingerprint density at radius 1 is 0.640 bits per heavy atom. The van der Waals surface area contributed by atoms with E-state index < -0.39 is 0 Å². The third kappa shape index (κ3) is 3.87. The fraction of sp³-hybridized carbons (Fsp3) is 0.167. The second-order valence-electron chi connectivity index (χ2n) is 6.29. The number of rotatable bonds is 3. The van der Waals surface area contributed by atoms with Gasteiger partial charge in [-0.25, -0.2) is 0 Å². The average Bonchev–Trinajstić information content (AvgIpc) is 3.01. The van der Waals surface area contributed by atoms with Gasteiger partial charge in [0.05, 0.1) is 0 Å². The molecule has 0 spiro atoms. The number of hydrogen-bond donors (Lipinski definition) is 0. The molecule has 0 N–H and O–H groups in total. The van der Waals surface area contributed by atoms with E-state index in [1.807, 2.05) is 0 Å². The Morgan fingerprint density at radius 3 is 1.40 bits per heavy atom. The zero-order chi connectivity index (χ0) is 15.1. The van der Waals surface area contributed by atoms with Crippen molar-refractivity contribution in [2.45, 2.75) is 26.7 Å². The quantitative estimate of drug-likeness (QED) is 0.220. The molecule has 0 heterocycles.